The normalized spacial score (nSPS) is 20.4. The predicted octanol–water partition coefficient (Wildman–Crippen LogP) is 2.78. The van der Waals surface area contributed by atoms with E-state index in [-0.39, 0.29) is 36.0 Å². The second-order valence-corrected chi connectivity index (χ2v) is 9.82. The Balaban J connectivity index is 2.13. The van der Waals surface area contributed by atoms with E-state index in [4.69, 9.17) is 18.9 Å². The molecule has 4 rings (SSSR count). The van der Waals surface area contributed by atoms with Crippen molar-refractivity contribution in [1.82, 2.24) is 9.80 Å². The number of hydrogen-bond donors (Lipinski definition) is 3. The van der Waals surface area contributed by atoms with Gasteiger partial charge in [0, 0.05) is 46.2 Å². The van der Waals surface area contributed by atoms with Crippen LogP contribution >= 0.6 is 0 Å². The number of ether oxygens (including phenoxy) is 4. The van der Waals surface area contributed by atoms with Crippen molar-refractivity contribution in [2.24, 2.45) is 0 Å². The number of carbonyl (C=O) groups excluding carboxylic acids is 1. The van der Waals surface area contributed by atoms with Crippen LogP contribution in [-0.2, 0) is 17.6 Å². The van der Waals surface area contributed by atoms with E-state index >= 15 is 0 Å². The van der Waals surface area contributed by atoms with Gasteiger partial charge in [0.2, 0.25) is 5.91 Å². The number of carbonyl (C=O) groups is 1. The van der Waals surface area contributed by atoms with Gasteiger partial charge in [-0.15, -0.1) is 0 Å². The standard InChI is InChI=1S/C28H38N2O8/c1-9-29(4)18-11-16-20(23(33)25(36-6)14(3)24(16)35-5)17-10-15-21(19(12-31)30(17)28(18)34)27(38-8)26(37-7)13(2)22(15)32/h17-19,31-33H,9-12H2,1-8H3/t17-,18?,19-/m0/s1. The fourth-order valence-corrected chi connectivity index (χ4v) is 6.27. The summed E-state index contributed by atoms with van der Waals surface area (Å²) in [5, 5.41) is 33.7. The maximum Gasteiger partial charge on any atom is 0.241 e. The molecule has 1 unspecified atom stereocenters. The number of amides is 1. The maximum atomic E-state index is 14.4. The molecule has 2 aliphatic rings. The molecule has 208 valence electrons. The minimum Gasteiger partial charge on any atom is -0.507 e. The molecule has 38 heavy (non-hydrogen) atoms. The minimum absolute atomic E-state index is 0.00162. The smallest absolute Gasteiger partial charge is 0.241 e. The van der Waals surface area contributed by atoms with E-state index in [9.17, 15) is 20.1 Å². The number of aromatic hydroxyl groups is 2. The second-order valence-electron chi connectivity index (χ2n) is 9.82. The highest BCUT2D eigenvalue weighted by molar-refractivity contribution is 5.86. The molecule has 0 radical (unpaired) electrons. The van der Waals surface area contributed by atoms with Crippen LogP contribution < -0.4 is 18.9 Å². The average molecular weight is 531 g/mol. The van der Waals surface area contributed by atoms with Crippen LogP contribution in [0.3, 0.4) is 0 Å². The van der Waals surface area contributed by atoms with Gasteiger partial charge in [-0.05, 0) is 27.4 Å². The van der Waals surface area contributed by atoms with Gasteiger partial charge in [0.05, 0.1) is 53.2 Å². The molecule has 0 bridgehead atoms. The van der Waals surface area contributed by atoms with E-state index in [2.05, 4.69) is 0 Å². The summed E-state index contributed by atoms with van der Waals surface area (Å²) in [4.78, 5) is 17.9. The van der Waals surface area contributed by atoms with Crippen LogP contribution in [-0.4, -0.2) is 85.7 Å². The SMILES string of the molecule is CCN(C)C1Cc2c(OC)c(C)c(OC)c(O)c2[C@@H]2Cc3c(O)c(C)c(OC)c(OC)c3[C@H](CO)N2C1=O. The molecule has 0 fully saturated rings. The molecule has 0 aliphatic carbocycles. The van der Waals surface area contributed by atoms with Crippen LogP contribution in [0.25, 0.3) is 0 Å². The number of aliphatic hydroxyl groups is 1. The quantitative estimate of drug-likeness (QED) is 0.496. The average Bonchev–Trinajstić information content (AvgIpc) is 3.04. The van der Waals surface area contributed by atoms with Crippen LogP contribution in [0.15, 0.2) is 0 Å². The largest absolute Gasteiger partial charge is 0.507 e. The maximum absolute atomic E-state index is 14.4. The summed E-state index contributed by atoms with van der Waals surface area (Å²) in [5.41, 5.74) is 3.32. The number of phenols is 2. The summed E-state index contributed by atoms with van der Waals surface area (Å²) in [6.07, 6.45) is 0.454. The first-order chi connectivity index (χ1) is 18.1. The predicted molar refractivity (Wildman–Crippen MR) is 141 cm³/mol. The number of hydrogen-bond acceptors (Lipinski definition) is 9. The fourth-order valence-electron chi connectivity index (χ4n) is 6.27. The molecule has 0 saturated carbocycles. The van der Waals surface area contributed by atoms with E-state index in [1.807, 2.05) is 18.9 Å². The molecule has 0 aromatic heterocycles. The van der Waals surface area contributed by atoms with E-state index < -0.39 is 24.7 Å². The first kappa shape index (κ1) is 27.7. The van der Waals surface area contributed by atoms with Crippen LogP contribution in [0.5, 0.6) is 34.5 Å². The van der Waals surface area contributed by atoms with Gasteiger partial charge < -0.3 is 39.2 Å². The zero-order valence-electron chi connectivity index (χ0n) is 23.3. The van der Waals surface area contributed by atoms with Gasteiger partial charge >= 0.3 is 0 Å². The molecule has 2 aliphatic heterocycles. The molecule has 2 aromatic rings. The van der Waals surface area contributed by atoms with Crippen LogP contribution in [0, 0.1) is 13.8 Å². The van der Waals surface area contributed by atoms with Crippen molar-refractivity contribution in [3.63, 3.8) is 0 Å². The molecule has 3 atom stereocenters. The summed E-state index contributed by atoms with van der Waals surface area (Å²) < 4.78 is 22.7. The Kier molecular flexibility index (Phi) is 7.58. The molecular weight excluding hydrogens is 492 g/mol. The summed E-state index contributed by atoms with van der Waals surface area (Å²) in [7, 11) is 7.87. The number of likely N-dealkylation sites (N-methyl/N-ethyl adjacent to an activating group) is 1. The molecule has 3 N–H and O–H groups in total. The number of benzene rings is 2. The first-order valence-corrected chi connectivity index (χ1v) is 12.7. The molecule has 0 saturated heterocycles. The van der Waals surface area contributed by atoms with E-state index in [1.54, 1.807) is 25.9 Å². The summed E-state index contributed by atoms with van der Waals surface area (Å²) >= 11 is 0. The summed E-state index contributed by atoms with van der Waals surface area (Å²) in [5.74, 6) is 1.21. The van der Waals surface area contributed by atoms with Crippen molar-refractivity contribution in [2.75, 3.05) is 48.6 Å². The van der Waals surface area contributed by atoms with Crippen molar-refractivity contribution < 1.29 is 39.1 Å². The zero-order chi connectivity index (χ0) is 28.0. The third kappa shape index (κ3) is 3.80. The Hall–Kier alpha value is -3.37. The van der Waals surface area contributed by atoms with Gasteiger partial charge in [0.1, 0.15) is 11.5 Å². The molecule has 2 aromatic carbocycles. The van der Waals surface area contributed by atoms with Gasteiger partial charge in [-0.25, -0.2) is 0 Å². The summed E-state index contributed by atoms with van der Waals surface area (Å²) in [6, 6.07) is -2.18. The van der Waals surface area contributed by atoms with Crippen LogP contribution in [0.1, 0.15) is 52.4 Å². The van der Waals surface area contributed by atoms with Gasteiger partial charge in [-0.2, -0.15) is 0 Å². The molecule has 10 nitrogen and oxygen atoms in total. The lowest BCUT2D eigenvalue weighted by Crippen LogP contribution is -2.51. The lowest BCUT2D eigenvalue weighted by Gasteiger charge is -2.44. The number of aliphatic hydroxyl groups excluding tert-OH is 1. The van der Waals surface area contributed by atoms with Crippen LogP contribution in [0.4, 0.5) is 0 Å². The van der Waals surface area contributed by atoms with E-state index in [1.165, 1.54) is 21.3 Å². The molecule has 10 heteroatoms. The van der Waals surface area contributed by atoms with Crippen molar-refractivity contribution >= 4 is 5.91 Å². The monoisotopic (exact) mass is 530 g/mol. The van der Waals surface area contributed by atoms with Crippen LogP contribution in [0.2, 0.25) is 0 Å². The van der Waals surface area contributed by atoms with Crippen molar-refractivity contribution in [3.8, 4) is 34.5 Å². The van der Waals surface area contributed by atoms with Gasteiger partial charge in [0.15, 0.2) is 23.0 Å². The van der Waals surface area contributed by atoms with Crippen molar-refractivity contribution in [3.05, 3.63) is 33.4 Å². The Morgan fingerprint density at radius 1 is 0.842 bits per heavy atom. The Labute approximate surface area is 223 Å². The van der Waals surface area contributed by atoms with E-state index in [0.29, 0.717) is 57.2 Å². The lowest BCUT2D eigenvalue weighted by atomic mass is 9.81. The molecule has 2 heterocycles. The third-order valence-electron chi connectivity index (χ3n) is 8.20. The Morgan fingerprint density at radius 2 is 1.45 bits per heavy atom. The molecule has 0 spiro atoms. The van der Waals surface area contributed by atoms with E-state index in [0.717, 1.165) is 0 Å². The summed E-state index contributed by atoms with van der Waals surface area (Å²) in [6.45, 7) is 5.66. The molecular formula is C28H38N2O8. The number of phenolic OH excluding ortho intramolecular Hbond substituents is 2. The topological polar surface area (TPSA) is 121 Å². The number of fused-ring (bicyclic) bond motifs is 4. The van der Waals surface area contributed by atoms with Crippen molar-refractivity contribution in [2.45, 2.75) is 51.7 Å². The highest BCUT2D eigenvalue weighted by Gasteiger charge is 2.49. The fraction of sp³-hybridized carbons (Fsp3) is 0.536. The zero-order valence-corrected chi connectivity index (χ0v) is 23.3. The number of rotatable bonds is 7. The Morgan fingerprint density at radius 3 is 1.97 bits per heavy atom. The highest BCUT2D eigenvalue weighted by Crippen LogP contribution is 2.57. The highest BCUT2D eigenvalue weighted by atomic mass is 16.5. The Bertz CT molecular complexity index is 1260. The lowest BCUT2D eigenvalue weighted by molar-refractivity contribution is -0.143. The van der Waals surface area contributed by atoms with Gasteiger partial charge in [-0.1, -0.05) is 6.92 Å². The second kappa shape index (κ2) is 10.4. The number of nitrogens with zero attached hydrogens (tertiary/aromatic N) is 2. The first-order valence-electron chi connectivity index (χ1n) is 12.7. The molecule has 1 amide bonds. The number of methoxy groups -OCH3 is 4. The van der Waals surface area contributed by atoms with Crippen molar-refractivity contribution in [1.29, 1.82) is 0 Å². The van der Waals surface area contributed by atoms with Gasteiger partial charge in [0.25, 0.3) is 0 Å². The minimum atomic E-state index is -0.872. The van der Waals surface area contributed by atoms with Gasteiger partial charge in [-0.3, -0.25) is 9.69 Å². The third-order valence-corrected chi connectivity index (χ3v) is 8.20.